The van der Waals surface area contributed by atoms with E-state index in [4.69, 9.17) is 5.10 Å². The minimum atomic E-state index is -0.0935. The number of rotatable bonds is 5. The first-order valence-electron chi connectivity index (χ1n) is 9.15. The lowest BCUT2D eigenvalue weighted by Gasteiger charge is -2.17. The average molecular weight is 345 g/mol. The monoisotopic (exact) mass is 345 g/mol. The van der Waals surface area contributed by atoms with Gasteiger partial charge in [-0.3, -0.25) is 4.79 Å². The molecule has 1 fully saturated rings. The quantitative estimate of drug-likeness (QED) is 0.737. The molecule has 1 aromatic heterocycles. The number of aryl methyl sites for hydroxylation is 1. The Hall–Kier alpha value is -2.88. The van der Waals surface area contributed by atoms with Gasteiger partial charge < -0.3 is 5.32 Å². The summed E-state index contributed by atoms with van der Waals surface area (Å²) in [7, 11) is 0. The summed E-state index contributed by atoms with van der Waals surface area (Å²) in [6.07, 6.45) is 2.32. The maximum Gasteiger partial charge on any atom is 0.270 e. The minimum absolute atomic E-state index is 0.0628. The van der Waals surface area contributed by atoms with Crippen molar-refractivity contribution in [3.63, 3.8) is 0 Å². The summed E-state index contributed by atoms with van der Waals surface area (Å²) >= 11 is 0. The van der Waals surface area contributed by atoms with Crippen molar-refractivity contribution >= 4 is 5.91 Å². The second kappa shape index (κ2) is 6.79. The van der Waals surface area contributed by atoms with Crippen molar-refractivity contribution in [3.05, 3.63) is 83.2 Å². The summed E-state index contributed by atoms with van der Waals surface area (Å²) in [5.74, 6) is 0.407. The highest BCUT2D eigenvalue weighted by Gasteiger charge is 2.29. The first-order valence-corrected chi connectivity index (χ1v) is 9.15. The molecule has 0 aliphatic heterocycles. The van der Waals surface area contributed by atoms with Gasteiger partial charge in [-0.15, -0.1) is 0 Å². The predicted molar refractivity (Wildman–Crippen MR) is 103 cm³/mol. The first kappa shape index (κ1) is 16.6. The van der Waals surface area contributed by atoms with Crippen molar-refractivity contribution in [2.75, 3.05) is 0 Å². The molecule has 0 bridgehead atoms. The summed E-state index contributed by atoms with van der Waals surface area (Å²) in [5.41, 5.74) is 4.83. The molecule has 1 aliphatic rings. The van der Waals surface area contributed by atoms with Crippen molar-refractivity contribution in [1.29, 1.82) is 0 Å². The van der Waals surface area contributed by atoms with Gasteiger partial charge in [-0.2, -0.15) is 5.10 Å². The summed E-state index contributed by atoms with van der Waals surface area (Å²) in [5, 5.41) is 7.85. The van der Waals surface area contributed by atoms with Gasteiger partial charge in [0, 0.05) is 5.92 Å². The van der Waals surface area contributed by atoms with Gasteiger partial charge >= 0.3 is 0 Å². The van der Waals surface area contributed by atoms with Crippen LogP contribution < -0.4 is 5.32 Å². The molecule has 0 radical (unpaired) electrons. The number of nitrogens with one attached hydrogen (secondary N) is 1. The smallest absolute Gasteiger partial charge is 0.270 e. The van der Waals surface area contributed by atoms with Crippen LogP contribution in [0.1, 0.15) is 59.0 Å². The third kappa shape index (κ3) is 3.27. The average Bonchev–Trinajstić information content (AvgIpc) is 3.41. The van der Waals surface area contributed by atoms with Crippen LogP contribution in [0.5, 0.6) is 0 Å². The Labute approximate surface area is 153 Å². The highest BCUT2D eigenvalue weighted by molar-refractivity contribution is 5.93. The lowest BCUT2D eigenvalue weighted by atomic mass is 10.0. The molecule has 0 spiro atoms. The molecule has 3 aromatic rings. The van der Waals surface area contributed by atoms with E-state index >= 15 is 0 Å². The van der Waals surface area contributed by atoms with Crippen LogP contribution in [0, 0.1) is 6.92 Å². The van der Waals surface area contributed by atoms with E-state index in [1.54, 1.807) is 4.68 Å². The number of carbonyl (C=O) groups excluding carboxylic acids is 1. The molecule has 2 aromatic carbocycles. The van der Waals surface area contributed by atoms with E-state index in [1.165, 1.54) is 5.56 Å². The van der Waals surface area contributed by atoms with E-state index < -0.39 is 0 Å². The molecule has 1 atom stereocenters. The van der Waals surface area contributed by atoms with Crippen molar-refractivity contribution in [2.24, 2.45) is 0 Å². The van der Waals surface area contributed by atoms with Crippen molar-refractivity contribution in [1.82, 2.24) is 15.1 Å². The zero-order valence-electron chi connectivity index (χ0n) is 15.1. The zero-order valence-corrected chi connectivity index (χ0v) is 15.1. The van der Waals surface area contributed by atoms with Crippen LogP contribution in [0.4, 0.5) is 0 Å². The Morgan fingerprint density at radius 2 is 1.81 bits per heavy atom. The van der Waals surface area contributed by atoms with E-state index in [1.807, 2.05) is 55.5 Å². The number of hydrogen-bond donors (Lipinski definition) is 1. The summed E-state index contributed by atoms with van der Waals surface area (Å²) in [4.78, 5) is 13.0. The lowest BCUT2D eigenvalue weighted by molar-refractivity contribution is 0.0932. The molecule has 1 heterocycles. The van der Waals surface area contributed by atoms with E-state index in [0.29, 0.717) is 11.6 Å². The Morgan fingerprint density at radius 1 is 1.12 bits per heavy atom. The molecular formula is C22H23N3O. The van der Waals surface area contributed by atoms with Crippen LogP contribution in [-0.4, -0.2) is 15.7 Å². The molecule has 132 valence electrons. The topological polar surface area (TPSA) is 46.9 Å². The molecule has 1 aliphatic carbocycles. The van der Waals surface area contributed by atoms with E-state index in [0.717, 1.165) is 29.8 Å². The highest BCUT2D eigenvalue weighted by atomic mass is 16.2. The number of benzene rings is 2. The largest absolute Gasteiger partial charge is 0.344 e. The second-order valence-electron chi connectivity index (χ2n) is 7.03. The Balaban J connectivity index is 1.64. The van der Waals surface area contributed by atoms with Gasteiger partial charge in [-0.1, -0.05) is 42.5 Å². The Morgan fingerprint density at radius 3 is 2.50 bits per heavy atom. The van der Waals surface area contributed by atoms with Gasteiger partial charge in [0.15, 0.2) is 0 Å². The maximum atomic E-state index is 13.0. The van der Waals surface area contributed by atoms with Crippen LogP contribution in [0.15, 0.2) is 60.7 Å². The van der Waals surface area contributed by atoms with Gasteiger partial charge in [0.05, 0.1) is 17.4 Å². The van der Waals surface area contributed by atoms with Gasteiger partial charge in [0.25, 0.3) is 5.91 Å². The van der Waals surface area contributed by atoms with E-state index in [2.05, 4.69) is 24.4 Å². The molecule has 1 N–H and O–H groups in total. The Bertz CT molecular complexity index is 926. The second-order valence-corrected chi connectivity index (χ2v) is 7.03. The summed E-state index contributed by atoms with van der Waals surface area (Å²) in [6, 6.07) is 19.9. The third-order valence-electron chi connectivity index (χ3n) is 4.96. The number of nitrogens with zero attached hydrogens (tertiary/aromatic N) is 2. The molecule has 26 heavy (non-hydrogen) atoms. The standard InChI is InChI=1S/C22H23N3O/c1-15-8-6-7-11-19(15)16(2)23-22(26)21-14-20(17-12-13-17)24-25(21)18-9-4-3-5-10-18/h3-11,14,16-17H,12-13H2,1-2H3,(H,23,26)/t16-/m1/s1. The Kier molecular flexibility index (Phi) is 4.33. The first-order chi connectivity index (χ1) is 12.6. The molecular weight excluding hydrogens is 322 g/mol. The molecule has 4 heteroatoms. The number of aromatic nitrogens is 2. The van der Waals surface area contributed by atoms with Crippen LogP contribution in [0.25, 0.3) is 5.69 Å². The summed E-state index contributed by atoms with van der Waals surface area (Å²) in [6.45, 7) is 4.09. The highest BCUT2D eigenvalue weighted by Crippen LogP contribution is 2.39. The molecule has 4 nitrogen and oxygen atoms in total. The van der Waals surface area contributed by atoms with Gasteiger partial charge in [-0.25, -0.2) is 4.68 Å². The molecule has 4 rings (SSSR count). The van der Waals surface area contributed by atoms with Crippen molar-refractivity contribution in [2.45, 2.75) is 38.6 Å². The van der Waals surface area contributed by atoms with Gasteiger partial charge in [0.2, 0.25) is 0 Å². The molecule has 0 saturated heterocycles. The lowest BCUT2D eigenvalue weighted by Crippen LogP contribution is -2.29. The fourth-order valence-electron chi connectivity index (χ4n) is 3.33. The minimum Gasteiger partial charge on any atom is -0.344 e. The number of amides is 1. The zero-order chi connectivity index (χ0) is 18.1. The van der Waals surface area contributed by atoms with Gasteiger partial charge in [0.1, 0.15) is 5.69 Å². The normalized spacial score (nSPS) is 14.8. The van der Waals surface area contributed by atoms with E-state index in [-0.39, 0.29) is 11.9 Å². The van der Waals surface area contributed by atoms with Crippen LogP contribution in [0.2, 0.25) is 0 Å². The van der Waals surface area contributed by atoms with Crippen LogP contribution in [-0.2, 0) is 0 Å². The maximum absolute atomic E-state index is 13.0. The fourth-order valence-corrected chi connectivity index (χ4v) is 3.33. The molecule has 0 unspecified atom stereocenters. The SMILES string of the molecule is Cc1ccccc1[C@@H](C)NC(=O)c1cc(C2CC2)nn1-c1ccccc1. The molecule has 1 amide bonds. The van der Waals surface area contributed by atoms with Gasteiger partial charge in [-0.05, 0) is 56.0 Å². The fraction of sp³-hybridized carbons (Fsp3) is 0.273. The number of hydrogen-bond acceptors (Lipinski definition) is 2. The van der Waals surface area contributed by atoms with Crippen LogP contribution in [0.3, 0.4) is 0 Å². The van der Waals surface area contributed by atoms with Crippen molar-refractivity contribution in [3.8, 4) is 5.69 Å². The number of para-hydroxylation sites is 1. The molecule has 1 saturated carbocycles. The van der Waals surface area contributed by atoms with Crippen molar-refractivity contribution < 1.29 is 4.79 Å². The van der Waals surface area contributed by atoms with E-state index in [9.17, 15) is 4.79 Å². The predicted octanol–water partition coefficient (Wildman–Crippen LogP) is 4.55. The van der Waals surface area contributed by atoms with Crippen LogP contribution >= 0.6 is 0 Å². The third-order valence-corrected chi connectivity index (χ3v) is 4.96. The number of carbonyl (C=O) groups is 1. The summed E-state index contributed by atoms with van der Waals surface area (Å²) < 4.78 is 1.77.